The monoisotopic (exact) mass is 482 g/mol. The van der Waals surface area contributed by atoms with E-state index in [-0.39, 0.29) is 6.04 Å². The predicted octanol–water partition coefficient (Wildman–Crippen LogP) is 5.18. The van der Waals surface area contributed by atoms with Gasteiger partial charge < -0.3 is 4.57 Å². The molecule has 11 heteroatoms. The van der Waals surface area contributed by atoms with E-state index in [0.29, 0.717) is 27.4 Å². The van der Waals surface area contributed by atoms with Gasteiger partial charge in [-0.2, -0.15) is 23.2 Å². The van der Waals surface area contributed by atoms with Crippen molar-refractivity contribution in [3.05, 3.63) is 47.1 Å². The lowest BCUT2D eigenvalue weighted by Crippen LogP contribution is -2.42. The Labute approximate surface area is 187 Å². The molecular formula is C21H18ClF3N4O2S. The quantitative estimate of drug-likeness (QED) is 0.542. The van der Waals surface area contributed by atoms with Gasteiger partial charge in [0.15, 0.2) is 0 Å². The Morgan fingerprint density at radius 3 is 2.53 bits per heavy atom. The molecule has 1 aromatic carbocycles. The Morgan fingerprint density at radius 2 is 2.00 bits per heavy atom. The number of nitrogens with zero attached hydrogens (tertiary/aromatic N) is 3. The molecule has 4 rings (SSSR count). The van der Waals surface area contributed by atoms with Crippen LogP contribution in [-0.4, -0.2) is 30.2 Å². The van der Waals surface area contributed by atoms with E-state index in [1.165, 1.54) is 12.1 Å². The fraction of sp³-hybridized carbons (Fsp3) is 0.333. The molecule has 1 atom stereocenters. The number of aromatic nitrogens is 2. The Kier molecular flexibility index (Phi) is 5.69. The first kappa shape index (κ1) is 22.6. The highest BCUT2D eigenvalue weighted by Crippen LogP contribution is 2.42. The summed E-state index contributed by atoms with van der Waals surface area (Å²) in [5.74, 6) is 0. The minimum absolute atomic E-state index is 0.146. The maximum absolute atomic E-state index is 12.8. The van der Waals surface area contributed by atoms with E-state index < -0.39 is 27.1 Å². The van der Waals surface area contributed by atoms with Crippen molar-refractivity contribution in [3.8, 4) is 17.5 Å². The van der Waals surface area contributed by atoms with Crippen LogP contribution in [0.1, 0.15) is 37.8 Å². The lowest BCUT2D eigenvalue weighted by molar-refractivity contribution is -0.147. The predicted molar refractivity (Wildman–Crippen MR) is 114 cm³/mol. The van der Waals surface area contributed by atoms with Crippen molar-refractivity contribution in [1.29, 1.82) is 5.26 Å². The Bertz CT molecular complexity index is 1320. The lowest BCUT2D eigenvalue weighted by Gasteiger charge is -2.30. The molecule has 0 radical (unpaired) electrons. The summed E-state index contributed by atoms with van der Waals surface area (Å²) in [6.45, 7) is 0.723. The van der Waals surface area contributed by atoms with Crippen LogP contribution >= 0.6 is 11.6 Å². The third-order valence-electron chi connectivity index (χ3n) is 5.63. The molecule has 2 aromatic heterocycles. The Balaban J connectivity index is 1.80. The van der Waals surface area contributed by atoms with E-state index in [2.05, 4.69) is 11.1 Å². The van der Waals surface area contributed by atoms with Gasteiger partial charge in [-0.15, -0.1) is 0 Å². The first-order chi connectivity index (χ1) is 15.0. The molecule has 0 unspecified atom stereocenters. The molecule has 1 aliphatic carbocycles. The number of nitrogens with one attached hydrogen (secondary N) is 1. The molecule has 32 heavy (non-hydrogen) atoms. The number of hydrogen-bond donors (Lipinski definition) is 1. The zero-order chi connectivity index (χ0) is 23.3. The second-order valence-corrected chi connectivity index (χ2v) is 9.87. The Hall–Kier alpha value is -2.61. The number of rotatable bonds is 5. The number of fused-ring (bicyclic) bond motifs is 1. The molecule has 0 saturated heterocycles. The van der Waals surface area contributed by atoms with Gasteiger partial charge in [0.1, 0.15) is 17.0 Å². The number of halogens is 4. The zero-order valence-electron chi connectivity index (χ0n) is 16.8. The lowest BCUT2D eigenvalue weighted by atomic mass is 9.92. The standard InChI is InChI=1S/C21H18ClF3N4O2S/c1-12(21(23,24)25)28-32(30,31)15-6-8-18(27-11-15)20-17(10-26)16-7-5-13(22)9-19(16)29(20)14-3-2-4-14/h5-9,11-12,14,28H,2-4H2,1H3/t12-/m0/s1. The maximum atomic E-state index is 12.8. The van der Waals surface area contributed by atoms with Crippen LogP contribution in [0.15, 0.2) is 41.4 Å². The molecule has 0 spiro atoms. The molecule has 0 aliphatic heterocycles. The van der Waals surface area contributed by atoms with Gasteiger partial charge >= 0.3 is 6.18 Å². The van der Waals surface area contributed by atoms with Crippen molar-refractivity contribution in [3.63, 3.8) is 0 Å². The summed E-state index contributed by atoms with van der Waals surface area (Å²) in [7, 11) is -4.43. The smallest absolute Gasteiger partial charge is 0.335 e. The number of sulfonamides is 1. The van der Waals surface area contributed by atoms with Gasteiger partial charge in [-0.1, -0.05) is 11.6 Å². The number of benzene rings is 1. The summed E-state index contributed by atoms with van der Waals surface area (Å²) in [6.07, 6.45) is -0.843. The van der Waals surface area contributed by atoms with Gasteiger partial charge in [-0.3, -0.25) is 4.98 Å². The first-order valence-electron chi connectivity index (χ1n) is 9.82. The van der Waals surface area contributed by atoms with Crippen LogP contribution in [0, 0.1) is 11.3 Å². The van der Waals surface area contributed by atoms with Crippen LogP contribution in [-0.2, 0) is 10.0 Å². The second kappa shape index (κ2) is 8.06. The average molecular weight is 483 g/mol. The van der Waals surface area contributed by atoms with Gasteiger partial charge in [0.2, 0.25) is 10.0 Å². The van der Waals surface area contributed by atoms with Crippen molar-refractivity contribution in [2.24, 2.45) is 0 Å². The van der Waals surface area contributed by atoms with Crippen molar-refractivity contribution in [2.75, 3.05) is 0 Å². The van der Waals surface area contributed by atoms with E-state index in [0.717, 1.165) is 37.9 Å². The minimum atomic E-state index is -4.72. The molecule has 1 saturated carbocycles. The van der Waals surface area contributed by atoms with Gasteiger partial charge in [0, 0.05) is 22.6 Å². The van der Waals surface area contributed by atoms with Crippen molar-refractivity contribution in [1.82, 2.24) is 14.3 Å². The third-order valence-corrected chi connectivity index (χ3v) is 7.39. The molecule has 1 N–H and O–H groups in total. The topological polar surface area (TPSA) is 87.8 Å². The van der Waals surface area contributed by atoms with Gasteiger partial charge in [-0.05, 0) is 56.5 Å². The second-order valence-electron chi connectivity index (χ2n) is 7.72. The van der Waals surface area contributed by atoms with Crippen LogP contribution < -0.4 is 4.72 Å². The minimum Gasteiger partial charge on any atom is -0.335 e. The number of pyridine rings is 1. The van der Waals surface area contributed by atoms with Crippen molar-refractivity contribution in [2.45, 2.75) is 49.3 Å². The molecular weight excluding hydrogens is 465 g/mol. The molecule has 1 fully saturated rings. The number of hydrogen-bond acceptors (Lipinski definition) is 4. The van der Waals surface area contributed by atoms with Crippen LogP contribution in [0.2, 0.25) is 5.02 Å². The summed E-state index contributed by atoms with van der Waals surface area (Å²) in [6, 6.07) is 7.92. The maximum Gasteiger partial charge on any atom is 0.404 e. The number of alkyl halides is 3. The van der Waals surface area contributed by atoms with Gasteiger partial charge in [-0.25, -0.2) is 8.42 Å². The molecule has 0 amide bonds. The molecule has 6 nitrogen and oxygen atoms in total. The highest BCUT2D eigenvalue weighted by Gasteiger charge is 2.39. The van der Waals surface area contributed by atoms with Gasteiger partial charge in [0.25, 0.3) is 0 Å². The fourth-order valence-electron chi connectivity index (χ4n) is 3.72. The highest BCUT2D eigenvalue weighted by atomic mass is 35.5. The fourth-order valence-corrected chi connectivity index (χ4v) is 5.06. The SMILES string of the molecule is C[C@H](NS(=O)(=O)c1ccc(-c2c(C#N)c3ccc(Cl)cc3n2C2CCC2)nc1)C(F)(F)F. The van der Waals surface area contributed by atoms with E-state index in [9.17, 15) is 26.9 Å². The molecule has 2 heterocycles. The third kappa shape index (κ3) is 3.96. The largest absolute Gasteiger partial charge is 0.404 e. The van der Waals surface area contributed by atoms with Gasteiger partial charge in [0.05, 0.1) is 22.5 Å². The normalized spacial score (nSPS) is 16.0. The zero-order valence-corrected chi connectivity index (χ0v) is 18.4. The van der Waals surface area contributed by atoms with Crippen LogP contribution in [0.25, 0.3) is 22.3 Å². The molecule has 1 aliphatic rings. The van der Waals surface area contributed by atoms with Crippen molar-refractivity contribution < 1.29 is 21.6 Å². The Morgan fingerprint density at radius 1 is 1.28 bits per heavy atom. The van der Waals surface area contributed by atoms with E-state index in [1.54, 1.807) is 22.9 Å². The number of nitriles is 1. The van der Waals surface area contributed by atoms with Crippen LogP contribution in [0.5, 0.6) is 0 Å². The van der Waals surface area contributed by atoms with E-state index in [1.807, 2.05) is 4.57 Å². The summed E-state index contributed by atoms with van der Waals surface area (Å²) in [4.78, 5) is 3.81. The van der Waals surface area contributed by atoms with Crippen molar-refractivity contribution >= 4 is 32.5 Å². The molecule has 168 valence electrons. The van der Waals surface area contributed by atoms with E-state index in [4.69, 9.17) is 11.6 Å². The summed E-state index contributed by atoms with van der Waals surface area (Å²) < 4.78 is 66.6. The molecule has 0 bridgehead atoms. The van der Waals surface area contributed by atoms with Crippen LogP contribution in [0.4, 0.5) is 13.2 Å². The van der Waals surface area contributed by atoms with E-state index >= 15 is 0 Å². The molecule has 3 aromatic rings. The van der Waals surface area contributed by atoms with Crippen LogP contribution in [0.3, 0.4) is 0 Å². The summed E-state index contributed by atoms with van der Waals surface area (Å²) >= 11 is 6.19. The summed E-state index contributed by atoms with van der Waals surface area (Å²) in [5.41, 5.74) is 2.06. The average Bonchev–Trinajstić information content (AvgIpc) is 2.99. The summed E-state index contributed by atoms with van der Waals surface area (Å²) in [5, 5.41) is 11.1. The highest BCUT2D eigenvalue weighted by molar-refractivity contribution is 7.89. The first-order valence-corrected chi connectivity index (χ1v) is 11.7.